The fourth-order valence-electron chi connectivity index (χ4n) is 4.07. The maximum Gasteiger partial charge on any atom is 0.242 e. The number of nitrogens with one attached hydrogen (secondary N) is 3. The van der Waals surface area contributed by atoms with Gasteiger partial charge in [-0.3, -0.25) is 9.59 Å². The SMILES string of the molecule is O=C(CCc1cc(C2CCOCC2)[nH]c1-c1ccc(F)cc1)NC1CCNC1=O. The van der Waals surface area contributed by atoms with Gasteiger partial charge in [0, 0.05) is 43.5 Å². The van der Waals surface area contributed by atoms with Crippen LogP contribution in [0, 0.1) is 5.82 Å². The molecule has 2 amide bonds. The van der Waals surface area contributed by atoms with Crippen molar-refractivity contribution in [1.29, 1.82) is 0 Å². The summed E-state index contributed by atoms with van der Waals surface area (Å²) >= 11 is 0. The van der Waals surface area contributed by atoms with Crippen LogP contribution in [0.15, 0.2) is 30.3 Å². The number of rotatable bonds is 6. The van der Waals surface area contributed by atoms with E-state index < -0.39 is 6.04 Å². The highest BCUT2D eigenvalue weighted by molar-refractivity contribution is 5.89. The van der Waals surface area contributed by atoms with Gasteiger partial charge in [-0.15, -0.1) is 0 Å². The molecule has 2 aliphatic heterocycles. The van der Waals surface area contributed by atoms with Crippen molar-refractivity contribution in [3.05, 3.63) is 47.4 Å². The molecular weight excluding hydrogens is 373 g/mol. The van der Waals surface area contributed by atoms with E-state index in [9.17, 15) is 14.0 Å². The summed E-state index contributed by atoms with van der Waals surface area (Å²) in [5.74, 6) is -0.131. The van der Waals surface area contributed by atoms with Gasteiger partial charge in [-0.2, -0.15) is 0 Å². The van der Waals surface area contributed by atoms with Gasteiger partial charge in [0.25, 0.3) is 0 Å². The van der Waals surface area contributed by atoms with Gasteiger partial charge < -0.3 is 20.4 Å². The van der Waals surface area contributed by atoms with Gasteiger partial charge in [-0.1, -0.05) is 0 Å². The van der Waals surface area contributed by atoms with Gasteiger partial charge in [0.2, 0.25) is 11.8 Å². The topological polar surface area (TPSA) is 83.2 Å². The molecule has 0 radical (unpaired) electrons. The van der Waals surface area contributed by atoms with Crippen molar-refractivity contribution < 1.29 is 18.7 Å². The number of hydrogen-bond acceptors (Lipinski definition) is 3. The Labute approximate surface area is 169 Å². The number of carbonyl (C=O) groups excluding carboxylic acids is 2. The number of benzene rings is 1. The van der Waals surface area contributed by atoms with Crippen LogP contribution in [-0.2, 0) is 20.7 Å². The highest BCUT2D eigenvalue weighted by atomic mass is 19.1. The molecule has 29 heavy (non-hydrogen) atoms. The molecular formula is C22H26FN3O3. The smallest absolute Gasteiger partial charge is 0.242 e. The molecule has 154 valence electrons. The standard InChI is InChI=1S/C22H26FN3O3/c23-17-4-1-15(2-5-17)21-16(13-19(26-21)14-8-11-29-12-9-14)3-6-20(27)25-18-7-10-24-22(18)28/h1-2,4-5,13-14,18,26H,3,6-12H2,(H,24,28)(H,25,27). The van der Waals surface area contributed by atoms with Crippen molar-refractivity contribution in [3.8, 4) is 11.3 Å². The van der Waals surface area contributed by atoms with E-state index in [0.29, 0.717) is 31.7 Å². The third-order valence-corrected chi connectivity index (χ3v) is 5.72. The van der Waals surface area contributed by atoms with Gasteiger partial charge in [-0.05, 0) is 67.1 Å². The normalized spacial score (nSPS) is 19.9. The minimum atomic E-state index is -0.428. The lowest BCUT2D eigenvalue weighted by Gasteiger charge is -2.20. The molecule has 6 nitrogen and oxygen atoms in total. The molecule has 0 spiro atoms. The Morgan fingerprint density at radius 2 is 1.93 bits per heavy atom. The van der Waals surface area contributed by atoms with E-state index in [1.165, 1.54) is 12.1 Å². The average Bonchev–Trinajstić information content (AvgIpc) is 3.34. The Kier molecular flexibility index (Phi) is 5.94. The zero-order valence-corrected chi connectivity index (χ0v) is 16.3. The van der Waals surface area contributed by atoms with Gasteiger partial charge in [-0.25, -0.2) is 4.39 Å². The van der Waals surface area contributed by atoms with E-state index in [4.69, 9.17) is 4.74 Å². The Bertz CT molecular complexity index is 872. The second-order valence-corrected chi connectivity index (χ2v) is 7.72. The summed E-state index contributed by atoms with van der Waals surface area (Å²) < 4.78 is 18.8. The Morgan fingerprint density at radius 3 is 2.62 bits per heavy atom. The zero-order chi connectivity index (χ0) is 20.2. The zero-order valence-electron chi connectivity index (χ0n) is 16.3. The first-order valence-electron chi connectivity index (χ1n) is 10.2. The van der Waals surface area contributed by atoms with Crippen LogP contribution >= 0.6 is 0 Å². The fraction of sp³-hybridized carbons (Fsp3) is 0.455. The van der Waals surface area contributed by atoms with E-state index in [2.05, 4.69) is 21.7 Å². The second kappa shape index (κ2) is 8.78. The summed E-state index contributed by atoms with van der Waals surface area (Å²) in [5.41, 5.74) is 4.00. The van der Waals surface area contributed by atoms with Crippen LogP contribution in [0.1, 0.15) is 42.9 Å². The van der Waals surface area contributed by atoms with Gasteiger partial charge in [0.15, 0.2) is 0 Å². The van der Waals surface area contributed by atoms with Crippen LogP contribution in [0.3, 0.4) is 0 Å². The molecule has 3 N–H and O–H groups in total. The average molecular weight is 399 g/mol. The molecule has 0 aliphatic carbocycles. The number of aromatic nitrogens is 1. The van der Waals surface area contributed by atoms with Crippen LogP contribution in [0.2, 0.25) is 0 Å². The molecule has 0 saturated carbocycles. The molecule has 2 aromatic rings. The predicted molar refractivity (Wildman–Crippen MR) is 107 cm³/mol. The summed E-state index contributed by atoms with van der Waals surface area (Å²) in [7, 11) is 0. The fourth-order valence-corrected chi connectivity index (χ4v) is 4.07. The molecule has 7 heteroatoms. The number of halogens is 1. The first-order chi connectivity index (χ1) is 14.1. The van der Waals surface area contributed by atoms with Gasteiger partial charge >= 0.3 is 0 Å². The van der Waals surface area contributed by atoms with Crippen molar-refractivity contribution in [1.82, 2.24) is 15.6 Å². The van der Waals surface area contributed by atoms with Crippen molar-refractivity contribution in [2.45, 2.75) is 44.1 Å². The molecule has 1 unspecified atom stereocenters. The number of aromatic amines is 1. The number of carbonyl (C=O) groups is 2. The molecule has 3 heterocycles. The van der Waals surface area contributed by atoms with E-state index >= 15 is 0 Å². The number of H-pyrrole nitrogens is 1. The third kappa shape index (κ3) is 4.67. The Balaban J connectivity index is 1.50. The maximum absolute atomic E-state index is 13.4. The summed E-state index contributed by atoms with van der Waals surface area (Å²) in [6.45, 7) is 2.10. The molecule has 1 aromatic heterocycles. The molecule has 2 fully saturated rings. The number of ether oxygens (including phenoxy) is 1. The number of amides is 2. The summed E-state index contributed by atoms with van der Waals surface area (Å²) in [5, 5.41) is 5.53. The van der Waals surface area contributed by atoms with Gasteiger partial charge in [0.05, 0.1) is 0 Å². The lowest BCUT2D eigenvalue weighted by molar-refractivity contribution is -0.127. The molecule has 2 saturated heterocycles. The predicted octanol–water partition coefficient (Wildman–Crippen LogP) is 2.65. The highest BCUT2D eigenvalue weighted by Gasteiger charge is 2.26. The van der Waals surface area contributed by atoms with Crippen molar-refractivity contribution in [2.24, 2.45) is 0 Å². The monoisotopic (exact) mass is 399 g/mol. The number of hydrogen-bond donors (Lipinski definition) is 3. The van der Waals surface area contributed by atoms with Crippen molar-refractivity contribution in [2.75, 3.05) is 19.8 Å². The van der Waals surface area contributed by atoms with E-state index in [0.717, 1.165) is 48.6 Å². The van der Waals surface area contributed by atoms with Crippen molar-refractivity contribution in [3.63, 3.8) is 0 Å². The first-order valence-corrected chi connectivity index (χ1v) is 10.2. The first kappa shape index (κ1) is 19.6. The van der Waals surface area contributed by atoms with Crippen LogP contribution in [0.4, 0.5) is 4.39 Å². The van der Waals surface area contributed by atoms with Gasteiger partial charge in [0.1, 0.15) is 11.9 Å². The third-order valence-electron chi connectivity index (χ3n) is 5.72. The highest BCUT2D eigenvalue weighted by Crippen LogP contribution is 2.32. The maximum atomic E-state index is 13.4. The summed E-state index contributed by atoms with van der Waals surface area (Å²) in [4.78, 5) is 27.5. The molecule has 1 atom stereocenters. The van der Waals surface area contributed by atoms with Crippen molar-refractivity contribution >= 4 is 11.8 Å². The quantitative estimate of drug-likeness (QED) is 0.698. The Morgan fingerprint density at radius 1 is 1.17 bits per heavy atom. The van der Waals surface area contributed by atoms with E-state index in [1.54, 1.807) is 12.1 Å². The molecule has 1 aromatic carbocycles. The molecule has 0 bridgehead atoms. The minimum absolute atomic E-state index is 0.117. The van der Waals surface area contributed by atoms with E-state index in [1.807, 2.05) is 0 Å². The van der Waals surface area contributed by atoms with Crippen LogP contribution in [0.5, 0.6) is 0 Å². The summed E-state index contributed by atoms with van der Waals surface area (Å²) in [6, 6.07) is 8.09. The summed E-state index contributed by atoms with van der Waals surface area (Å²) in [6.07, 6.45) is 3.39. The largest absolute Gasteiger partial charge is 0.381 e. The van der Waals surface area contributed by atoms with Crippen LogP contribution in [0.25, 0.3) is 11.3 Å². The minimum Gasteiger partial charge on any atom is -0.381 e. The van der Waals surface area contributed by atoms with Crippen LogP contribution < -0.4 is 10.6 Å². The van der Waals surface area contributed by atoms with E-state index in [-0.39, 0.29) is 17.6 Å². The lowest BCUT2D eigenvalue weighted by atomic mass is 9.96. The number of aryl methyl sites for hydroxylation is 1. The van der Waals surface area contributed by atoms with Crippen LogP contribution in [-0.4, -0.2) is 42.6 Å². The molecule has 2 aliphatic rings. The Hall–Kier alpha value is -2.67. The lowest BCUT2D eigenvalue weighted by Crippen LogP contribution is -2.40. The second-order valence-electron chi connectivity index (χ2n) is 7.72. The molecule has 4 rings (SSSR count).